The molecule has 0 spiro atoms. The standard InChI is InChI=1S/C10H10BrF2NO3/c1-2-17-10(16)8-7(9(12)13)6(15)3-5(4-11)14-8/h3,9H,2,4H2,1H3,(H,14,15). The van der Waals surface area contributed by atoms with Gasteiger partial charge in [-0.05, 0) is 6.92 Å². The van der Waals surface area contributed by atoms with Crippen LogP contribution in [0.1, 0.15) is 35.1 Å². The van der Waals surface area contributed by atoms with Crippen molar-refractivity contribution in [2.75, 3.05) is 6.61 Å². The molecule has 0 fully saturated rings. The number of hydrogen-bond donors (Lipinski definition) is 1. The first-order valence-electron chi connectivity index (χ1n) is 4.78. The first kappa shape index (κ1) is 13.8. The van der Waals surface area contributed by atoms with Crippen LogP contribution in [0.2, 0.25) is 0 Å². The summed E-state index contributed by atoms with van der Waals surface area (Å²) in [6.07, 6.45) is -3.03. The quantitative estimate of drug-likeness (QED) is 0.686. The molecule has 1 rings (SSSR count). The first-order chi connectivity index (χ1) is 8.01. The van der Waals surface area contributed by atoms with Gasteiger partial charge >= 0.3 is 5.97 Å². The molecule has 0 aliphatic heterocycles. The summed E-state index contributed by atoms with van der Waals surface area (Å²) in [6, 6.07) is 1.03. The van der Waals surface area contributed by atoms with E-state index in [0.717, 1.165) is 6.07 Å². The number of aromatic amines is 1. The highest BCUT2D eigenvalue weighted by molar-refractivity contribution is 9.08. The van der Waals surface area contributed by atoms with Gasteiger partial charge in [-0.15, -0.1) is 0 Å². The van der Waals surface area contributed by atoms with E-state index in [4.69, 9.17) is 0 Å². The van der Waals surface area contributed by atoms with Crippen LogP contribution in [0.25, 0.3) is 0 Å². The summed E-state index contributed by atoms with van der Waals surface area (Å²) in [7, 11) is 0. The van der Waals surface area contributed by atoms with Crippen molar-refractivity contribution in [3.8, 4) is 0 Å². The Morgan fingerprint density at radius 1 is 1.59 bits per heavy atom. The van der Waals surface area contributed by atoms with Crippen LogP contribution in [-0.2, 0) is 10.1 Å². The number of pyridine rings is 1. The number of carbonyl (C=O) groups is 1. The number of hydrogen-bond acceptors (Lipinski definition) is 3. The maximum Gasteiger partial charge on any atom is 0.355 e. The highest BCUT2D eigenvalue weighted by Gasteiger charge is 2.24. The van der Waals surface area contributed by atoms with Crippen molar-refractivity contribution in [1.82, 2.24) is 4.98 Å². The van der Waals surface area contributed by atoms with E-state index in [1.807, 2.05) is 0 Å². The summed E-state index contributed by atoms with van der Waals surface area (Å²) in [5.41, 5.74) is -1.88. The predicted molar refractivity (Wildman–Crippen MR) is 60.6 cm³/mol. The minimum atomic E-state index is -3.03. The summed E-state index contributed by atoms with van der Waals surface area (Å²) in [4.78, 5) is 25.4. The summed E-state index contributed by atoms with van der Waals surface area (Å²) >= 11 is 3.07. The Bertz CT molecular complexity index is 473. The minimum Gasteiger partial charge on any atom is -0.461 e. The van der Waals surface area contributed by atoms with Gasteiger partial charge < -0.3 is 9.72 Å². The Labute approximate surface area is 104 Å². The summed E-state index contributed by atoms with van der Waals surface area (Å²) in [5.74, 6) is -0.956. The second-order valence-corrected chi connectivity index (χ2v) is 3.66. The van der Waals surface area contributed by atoms with E-state index in [-0.39, 0.29) is 11.9 Å². The number of H-pyrrole nitrogens is 1. The summed E-state index contributed by atoms with van der Waals surface area (Å²) in [6.45, 7) is 1.59. The van der Waals surface area contributed by atoms with Gasteiger partial charge in [0, 0.05) is 17.1 Å². The fourth-order valence-electron chi connectivity index (χ4n) is 1.28. The lowest BCUT2D eigenvalue weighted by atomic mass is 10.1. The Morgan fingerprint density at radius 3 is 2.71 bits per heavy atom. The number of alkyl halides is 3. The zero-order chi connectivity index (χ0) is 13.0. The molecule has 0 radical (unpaired) electrons. The minimum absolute atomic E-state index is 0.0437. The van der Waals surface area contributed by atoms with Crippen molar-refractivity contribution in [3.05, 3.63) is 33.2 Å². The maximum absolute atomic E-state index is 12.7. The smallest absolute Gasteiger partial charge is 0.355 e. The molecule has 0 aliphatic carbocycles. The average Bonchev–Trinajstić information content (AvgIpc) is 2.27. The van der Waals surface area contributed by atoms with Gasteiger partial charge in [0.15, 0.2) is 5.43 Å². The number of ether oxygens (including phenoxy) is 1. The van der Waals surface area contributed by atoms with Crippen LogP contribution in [0.4, 0.5) is 8.78 Å². The molecule has 4 nitrogen and oxygen atoms in total. The molecule has 0 amide bonds. The van der Waals surface area contributed by atoms with Gasteiger partial charge in [-0.25, -0.2) is 13.6 Å². The van der Waals surface area contributed by atoms with Crippen molar-refractivity contribution in [1.29, 1.82) is 0 Å². The van der Waals surface area contributed by atoms with E-state index in [1.165, 1.54) is 0 Å². The van der Waals surface area contributed by atoms with Crippen LogP contribution in [0, 0.1) is 0 Å². The monoisotopic (exact) mass is 309 g/mol. The molecular weight excluding hydrogens is 300 g/mol. The van der Waals surface area contributed by atoms with Crippen LogP contribution in [0.3, 0.4) is 0 Å². The summed E-state index contributed by atoms with van der Waals surface area (Å²) < 4.78 is 30.0. The zero-order valence-corrected chi connectivity index (χ0v) is 10.5. The van der Waals surface area contributed by atoms with Gasteiger partial charge in [0.25, 0.3) is 6.43 Å². The van der Waals surface area contributed by atoms with E-state index < -0.39 is 29.1 Å². The number of carbonyl (C=O) groups excluding carboxylic acids is 1. The van der Waals surface area contributed by atoms with Gasteiger partial charge in [0.2, 0.25) is 0 Å². The molecule has 1 heterocycles. The number of rotatable bonds is 4. The molecule has 94 valence electrons. The fourth-order valence-corrected chi connectivity index (χ4v) is 1.58. The normalized spacial score (nSPS) is 10.6. The van der Waals surface area contributed by atoms with E-state index in [1.54, 1.807) is 6.92 Å². The molecule has 0 saturated heterocycles. The number of aromatic nitrogens is 1. The summed E-state index contributed by atoms with van der Waals surface area (Å²) in [5, 5.41) is 0.248. The Morgan fingerprint density at radius 2 is 2.24 bits per heavy atom. The van der Waals surface area contributed by atoms with Gasteiger partial charge in [-0.2, -0.15) is 0 Å². The third-order valence-corrected chi connectivity index (χ3v) is 2.57. The Kier molecular flexibility index (Phi) is 4.80. The lowest BCUT2D eigenvalue weighted by Gasteiger charge is -2.09. The largest absolute Gasteiger partial charge is 0.461 e. The SMILES string of the molecule is CCOC(=O)c1[nH]c(CBr)cc(=O)c1C(F)F. The van der Waals surface area contributed by atoms with Crippen molar-refractivity contribution in [2.45, 2.75) is 18.7 Å². The third kappa shape index (κ3) is 3.12. The fraction of sp³-hybridized carbons (Fsp3) is 0.400. The van der Waals surface area contributed by atoms with Gasteiger partial charge in [-0.3, -0.25) is 4.79 Å². The molecule has 17 heavy (non-hydrogen) atoms. The number of nitrogens with one attached hydrogen (secondary N) is 1. The van der Waals surface area contributed by atoms with Gasteiger partial charge in [0.05, 0.1) is 12.2 Å². The molecule has 0 aromatic carbocycles. The van der Waals surface area contributed by atoms with E-state index in [0.29, 0.717) is 5.69 Å². The molecule has 1 aromatic rings. The third-order valence-electron chi connectivity index (χ3n) is 1.97. The Hall–Kier alpha value is -1.24. The van der Waals surface area contributed by atoms with Crippen molar-refractivity contribution < 1.29 is 18.3 Å². The molecule has 1 N–H and O–H groups in total. The van der Waals surface area contributed by atoms with Crippen LogP contribution < -0.4 is 5.43 Å². The molecule has 0 unspecified atom stereocenters. The van der Waals surface area contributed by atoms with Crippen LogP contribution in [0.15, 0.2) is 10.9 Å². The van der Waals surface area contributed by atoms with Gasteiger partial charge in [-0.1, -0.05) is 15.9 Å². The molecule has 1 aromatic heterocycles. The molecule has 0 saturated carbocycles. The highest BCUT2D eigenvalue weighted by atomic mass is 79.9. The van der Waals surface area contributed by atoms with Crippen molar-refractivity contribution >= 4 is 21.9 Å². The number of esters is 1. The highest BCUT2D eigenvalue weighted by Crippen LogP contribution is 2.19. The van der Waals surface area contributed by atoms with Gasteiger partial charge in [0.1, 0.15) is 5.69 Å². The first-order valence-corrected chi connectivity index (χ1v) is 5.90. The molecular formula is C10H10BrF2NO3. The average molecular weight is 310 g/mol. The lowest BCUT2D eigenvalue weighted by Crippen LogP contribution is -2.20. The van der Waals surface area contributed by atoms with Crippen LogP contribution in [-0.4, -0.2) is 17.6 Å². The van der Waals surface area contributed by atoms with Crippen LogP contribution >= 0.6 is 15.9 Å². The second kappa shape index (κ2) is 5.90. The zero-order valence-electron chi connectivity index (χ0n) is 8.93. The molecule has 0 atom stereocenters. The van der Waals surface area contributed by atoms with E-state index >= 15 is 0 Å². The maximum atomic E-state index is 12.7. The number of halogens is 3. The molecule has 0 bridgehead atoms. The predicted octanol–water partition coefficient (Wildman–Crippen LogP) is 2.38. The molecule has 7 heteroatoms. The topological polar surface area (TPSA) is 59.2 Å². The van der Waals surface area contributed by atoms with Crippen molar-refractivity contribution in [3.63, 3.8) is 0 Å². The molecule has 0 aliphatic rings. The second-order valence-electron chi connectivity index (χ2n) is 3.10. The lowest BCUT2D eigenvalue weighted by molar-refractivity contribution is 0.0506. The van der Waals surface area contributed by atoms with E-state index in [2.05, 4.69) is 25.7 Å². The van der Waals surface area contributed by atoms with E-state index in [9.17, 15) is 18.4 Å². The van der Waals surface area contributed by atoms with Crippen LogP contribution in [0.5, 0.6) is 0 Å². The van der Waals surface area contributed by atoms with Crippen molar-refractivity contribution in [2.24, 2.45) is 0 Å². The Balaban J connectivity index is 3.37.